The van der Waals surface area contributed by atoms with Gasteiger partial charge in [-0.1, -0.05) is 15.9 Å². The summed E-state index contributed by atoms with van der Waals surface area (Å²) in [5.74, 6) is 0.0247. The van der Waals surface area contributed by atoms with Crippen LogP contribution in [0.2, 0.25) is 0 Å². The maximum atomic E-state index is 12.1. The van der Waals surface area contributed by atoms with Crippen LogP contribution in [0.4, 0.5) is 0 Å². The second kappa shape index (κ2) is 5.27. The van der Waals surface area contributed by atoms with E-state index < -0.39 is 0 Å². The van der Waals surface area contributed by atoms with Crippen molar-refractivity contribution in [1.29, 1.82) is 0 Å². The number of rotatable bonds is 1. The van der Waals surface area contributed by atoms with Crippen molar-refractivity contribution in [3.63, 3.8) is 0 Å². The number of hydrogen-bond donors (Lipinski definition) is 0. The molecule has 1 unspecified atom stereocenters. The predicted octanol–water partition coefficient (Wildman–Crippen LogP) is 2.84. The minimum absolute atomic E-state index is 0.0247. The Morgan fingerprint density at radius 3 is 2.94 bits per heavy atom. The topological polar surface area (TPSA) is 33.2 Å². The van der Waals surface area contributed by atoms with Gasteiger partial charge >= 0.3 is 0 Å². The molecule has 0 spiro atoms. The molecule has 0 radical (unpaired) electrons. The van der Waals surface area contributed by atoms with E-state index in [1.807, 2.05) is 11.0 Å². The number of nitrogens with zero attached hydrogens (tertiary/aromatic N) is 2. The lowest BCUT2D eigenvalue weighted by molar-refractivity contribution is 0.0724. The first-order valence-electron chi connectivity index (χ1n) is 5.22. The fraction of sp³-hybridized carbons (Fsp3) is 0.455. The lowest BCUT2D eigenvalue weighted by Gasteiger charge is -2.29. The molecule has 0 N–H and O–H groups in total. The van der Waals surface area contributed by atoms with Gasteiger partial charge in [-0.25, -0.2) is 4.98 Å². The molecule has 2 heterocycles. The molecular formula is C11H12Br2N2O. The number of piperidine rings is 1. The highest BCUT2D eigenvalue weighted by Gasteiger charge is 2.23. The van der Waals surface area contributed by atoms with Gasteiger partial charge in [0, 0.05) is 28.6 Å². The number of aromatic nitrogens is 1. The predicted molar refractivity (Wildman–Crippen MR) is 69.8 cm³/mol. The van der Waals surface area contributed by atoms with Crippen LogP contribution in [-0.2, 0) is 0 Å². The summed E-state index contributed by atoms with van der Waals surface area (Å²) in [5.41, 5.74) is 0.518. The Hall–Kier alpha value is -0.420. The summed E-state index contributed by atoms with van der Waals surface area (Å²) in [6, 6.07) is 3.60. The highest BCUT2D eigenvalue weighted by Crippen LogP contribution is 2.18. The van der Waals surface area contributed by atoms with Crippen molar-refractivity contribution in [3.8, 4) is 0 Å². The van der Waals surface area contributed by atoms with Crippen LogP contribution in [0.3, 0.4) is 0 Å². The molecule has 1 aliphatic rings. The van der Waals surface area contributed by atoms with Crippen LogP contribution in [-0.4, -0.2) is 33.7 Å². The van der Waals surface area contributed by atoms with E-state index in [9.17, 15) is 4.79 Å². The van der Waals surface area contributed by atoms with Gasteiger partial charge < -0.3 is 4.90 Å². The number of hydrogen-bond acceptors (Lipinski definition) is 2. The summed E-state index contributed by atoms with van der Waals surface area (Å²) in [6.07, 6.45) is 3.85. The van der Waals surface area contributed by atoms with E-state index in [2.05, 4.69) is 36.8 Å². The molecule has 86 valence electrons. The molecule has 1 aromatic rings. The number of alkyl halides is 1. The Balaban J connectivity index is 2.09. The summed E-state index contributed by atoms with van der Waals surface area (Å²) in [5, 5.41) is 0. The molecule has 0 aliphatic carbocycles. The average molecular weight is 348 g/mol. The lowest BCUT2D eigenvalue weighted by Crippen LogP contribution is -2.40. The summed E-state index contributed by atoms with van der Waals surface area (Å²) in [6.45, 7) is 1.61. The van der Waals surface area contributed by atoms with E-state index in [-0.39, 0.29) is 5.91 Å². The molecule has 16 heavy (non-hydrogen) atoms. The molecule has 3 nitrogen and oxygen atoms in total. The number of amides is 1. The fourth-order valence-corrected chi connectivity index (χ4v) is 2.68. The molecule has 5 heteroatoms. The summed E-state index contributed by atoms with van der Waals surface area (Å²) in [4.78, 5) is 18.5. The molecule has 1 fully saturated rings. The molecule has 1 saturated heterocycles. The second-order valence-corrected chi connectivity index (χ2v) is 6.06. The van der Waals surface area contributed by atoms with Crippen LogP contribution >= 0.6 is 31.9 Å². The third-order valence-corrected chi connectivity index (χ3v) is 3.81. The lowest BCUT2D eigenvalue weighted by atomic mass is 10.1. The Kier molecular flexibility index (Phi) is 3.97. The molecule has 0 saturated carbocycles. The van der Waals surface area contributed by atoms with E-state index in [0.717, 1.165) is 30.4 Å². The van der Waals surface area contributed by atoms with E-state index in [1.54, 1.807) is 12.3 Å². The maximum Gasteiger partial charge on any atom is 0.272 e. The molecule has 2 rings (SSSR count). The first-order chi connectivity index (χ1) is 7.66. The van der Waals surface area contributed by atoms with E-state index in [0.29, 0.717) is 10.5 Å². The zero-order valence-corrected chi connectivity index (χ0v) is 11.9. The third-order valence-electron chi connectivity index (χ3n) is 2.60. The number of halogens is 2. The van der Waals surface area contributed by atoms with Crippen molar-refractivity contribution >= 4 is 37.8 Å². The minimum atomic E-state index is 0.0247. The van der Waals surface area contributed by atoms with Gasteiger partial charge in [0.1, 0.15) is 5.69 Å². The Morgan fingerprint density at radius 2 is 2.31 bits per heavy atom. The second-order valence-electron chi connectivity index (χ2n) is 3.85. The van der Waals surface area contributed by atoms with Crippen LogP contribution < -0.4 is 0 Å². The highest BCUT2D eigenvalue weighted by atomic mass is 79.9. The molecule has 1 aliphatic heterocycles. The van der Waals surface area contributed by atoms with Crippen molar-refractivity contribution in [3.05, 3.63) is 28.5 Å². The van der Waals surface area contributed by atoms with Crippen LogP contribution in [0.15, 0.2) is 22.8 Å². The van der Waals surface area contributed by atoms with Crippen molar-refractivity contribution in [1.82, 2.24) is 9.88 Å². The van der Waals surface area contributed by atoms with Gasteiger partial charge in [-0.2, -0.15) is 0 Å². The van der Waals surface area contributed by atoms with E-state index in [1.165, 1.54) is 0 Å². The fourth-order valence-electron chi connectivity index (χ4n) is 1.77. The number of carbonyl (C=O) groups is 1. The summed E-state index contributed by atoms with van der Waals surface area (Å²) in [7, 11) is 0. The van der Waals surface area contributed by atoms with Gasteiger partial charge in [-0.3, -0.25) is 4.79 Å². The number of likely N-dealkylation sites (tertiary alicyclic amines) is 1. The molecule has 1 atom stereocenters. The first kappa shape index (κ1) is 12.0. The first-order valence-corrected chi connectivity index (χ1v) is 6.92. The third kappa shape index (κ3) is 2.83. The van der Waals surface area contributed by atoms with Crippen LogP contribution in [0.5, 0.6) is 0 Å². The highest BCUT2D eigenvalue weighted by molar-refractivity contribution is 9.10. The molecule has 1 amide bonds. The molecule has 0 bridgehead atoms. The normalized spacial score (nSPS) is 20.9. The van der Waals surface area contributed by atoms with Crippen molar-refractivity contribution in [2.45, 2.75) is 17.7 Å². The Morgan fingerprint density at radius 1 is 1.50 bits per heavy atom. The number of carbonyl (C=O) groups excluding carboxylic acids is 1. The van der Waals surface area contributed by atoms with Crippen LogP contribution in [0.1, 0.15) is 23.3 Å². The van der Waals surface area contributed by atoms with Gasteiger partial charge in [-0.15, -0.1) is 0 Å². The van der Waals surface area contributed by atoms with Crippen LogP contribution in [0, 0.1) is 0 Å². The maximum absolute atomic E-state index is 12.1. The van der Waals surface area contributed by atoms with Gasteiger partial charge in [0.2, 0.25) is 0 Å². The van der Waals surface area contributed by atoms with Crippen LogP contribution in [0.25, 0.3) is 0 Å². The van der Waals surface area contributed by atoms with Crippen molar-refractivity contribution in [2.75, 3.05) is 13.1 Å². The molecule has 0 aromatic carbocycles. The Bertz CT molecular complexity index is 380. The summed E-state index contributed by atoms with van der Waals surface area (Å²) < 4.78 is 0.890. The Labute approximate surface area is 111 Å². The molecule has 1 aromatic heterocycles. The van der Waals surface area contributed by atoms with Crippen molar-refractivity contribution in [2.24, 2.45) is 0 Å². The quantitative estimate of drug-likeness (QED) is 0.732. The van der Waals surface area contributed by atoms with Gasteiger partial charge in [-0.05, 0) is 40.9 Å². The van der Waals surface area contributed by atoms with Gasteiger partial charge in [0.15, 0.2) is 0 Å². The standard InChI is InChI=1S/C11H12Br2N2O/c12-8-3-4-10(14-6-8)11(16)15-5-1-2-9(13)7-15/h3-4,6,9H,1-2,5,7H2. The smallest absolute Gasteiger partial charge is 0.272 e. The monoisotopic (exact) mass is 346 g/mol. The minimum Gasteiger partial charge on any atom is -0.336 e. The van der Waals surface area contributed by atoms with E-state index >= 15 is 0 Å². The average Bonchev–Trinajstić information content (AvgIpc) is 2.29. The number of pyridine rings is 1. The van der Waals surface area contributed by atoms with Crippen molar-refractivity contribution < 1.29 is 4.79 Å². The summed E-state index contributed by atoms with van der Waals surface area (Å²) >= 11 is 6.86. The largest absolute Gasteiger partial charge is 0.336 e. The van der Waals surface area contributed by atoms with Gasteiger partial charge in [0.25, 0.3) is 5.91 Å². The van der Waals surface area contributed by atoms with E-state index in [4.69, 9.17) is 0 Å². The molecular weight excluding hydrogens is 336 g/mol. The zero-order chi connectivity index (χ0) is 11.5. The zero-order valence-electron chi connectivity index (χ0n) is 8.70. The SMILES string of the molecule is O=C(c1ccc(Br)cn1)N1CCCC(Br)C1. The van der Waals surface area contributed by atoms with Gasteiger partial charge in [0.05, 0.1) is 0 Å².